The molecule has 0 aliphatic heterocycles. The Morgan fingerprint density at radius 1 is 1.50 bits per heavy atom. The molecule has 1 rings (SSSR count). The van der Waals surface area contributed by atoms with E-state index in [1.165, 1.54) is 0 Å². The molecule has 0 aromatic heterocycles. The molecule has 1 aromatic carbocycles. The van der Waals surface area contributed by atoms with Gasteiger partial charge in [0.05, 0.1) is 6.61 Å². The predicted octanol–water partition coefficient (Wildman–Crippen LogP) is 2.06. The van der Waals surface area contributed by atoms with E-state index in [9.17, 15) is 9.90 Å². The predicted molar refractivity (Wildman–Crippen MR) is 62.3 cm³/mol. The second-order valence-corrected chi connectivity index (χ2v) is 4.38. The molecule has 4 heteroatoms. The largest absolute Gasteiger partial charge is 0.464 e. The van der Waals surface area contributed by atoms with E-state index < -0.39 is 16.9 Å². The zero-order valence-corrected chi connectivity index (χ0v) is 10.1. The van der Waals surface area contributed by atoms with Crippen LogP contribution in [0.2, 0.25) is 0 Å². The molecule has 0 radical (unpaired) electrons. The van der Waals surface area contributed by atoms with Crippen molar-refractivity contribution in [1.29, 1.82) is 0 Å². The highest BCUT2D eigenvalue weighted by Crippen LogP contribution is 2.32. The van der Waals surface area contributed by atoms with Crippen molar-refractivity contribution in [3.63, 3.8) is 0 Å². The molecule has 0 amide bonds. The Bertz CT molecular complexity index is 349. The van der Waals surface area contributed by atoms with Crippen molar-refractivity contribution in [3.8, 4) is 0 Å². The van der Waals surface area contributed by atoms with Gasteiger partial charge >= 0.3 is 5.97 Å². The quantitative estimate of drug-likeness (QED) is 0.650. The highest BCUT2D eigenvalue weighted by Gasteiger charge is 2.38. The number of alkyl halides is 1. The summed E-state index contributed by atoms with van der Waals surface area (Å²) in [4.78, 5) is 10.2. The van der Waals surface area contributed by atoms with E-state index in [1.54, 1.807) is 38.1 Å². The van der Waals surface area contributed by atoms with Crippen LogP contribution in [0.4, 0.5) is 0 Å². The number of carbonyl (C=O) groups excluding carboxylic acids is 1. The van der Waals surface area contributed by atoms with Gasteiger partial charge in [-0.2, -0.15) is 0 Å². The van der Waals surface area contributed by atoms with Gasteiger partial charge in [-0.3, -0.25) is 0 Å². The van der Waals surface area contributed by atoms with Crippen LogP contribution >= 0.6 is 11.6 Å². The first-order valence-electron chi connectivity index (χ1n) is 5.09. The molecule has 1 N–H and O–H groups in total. The normalized spacial score (nSPS) is 16.2. The summed E-state index contributed by atoms with van der Waals surface area (Å²) in [6.45, 7) is 3.49. The van der Waals surface area contributed by atoms with Gasteiger partial charge in [-0.05, 0) is 19.4 Å². The highest BCUT2D eigenvalue weighted by atomic mass is 35.5. The van der Waals surface area contributed by atoms with E-state index in [0.717, 1.165) is 0 Å². The zero-order chi connectivity index (χ0) is 12.2. The number of esters is 1. The van der Waals surface area contributed by atoms with Crippen LogP contribution < -0.4 is 0 Å². The number of hydrogen-bond acceptors (Lipinski definition) is 3. The van der Waals surface area contributed by atoms with Gasteiger partial charge in [0.25, 0.3) is 0 Å². The van der Waals surface area contributed by atoms with Crippen molar-refractivity contribution in [2.75, 3.05) is 6.61 Å². The van der Waals surface area contributed by atoms with Crippen molar-refractivity contribution in [3.05, 3.63) is 35.9 Å². The minimum atomic E-state index is -1.38. The standard InChI is InChI=1S/C12H15ClO3/c1-3-16-11(15)10(14)12(2,13)9-7-5-4-6-8-9/h4-8,10,14H,3H2,1-2H3/t10-,12+/m1/s1. The van der Waals surface area contributed by atoms with Gasteiger partial charge in [0.1, 0.15) is 4.87 Å². The minimum absolute atomic E-state index is 0.220. The molecule has 0 spiro atoms. The fourth-order valence-corrected chi connectivity index (χ4v) is 1.58. The molecule has 3 nitrogen and oxygen atoms in total. The second-order valence-electron chi connectivity index (χ2n) is 3.60. The molecule has 16 heavy (non-hydrogen) atoms. The number of aliphatic hydroxyl groups excluding tert-OH is 1. The lowest BCUT2D eigenvalue weighted by Crippen LogP contribution is -2.39. The molecule has 2 atom stereocenters. The number of hydrogen-bond donors (Lipinski definition) is 1. The van der Waals surface area contributed by atoms with E-state index in [0.29, 0.717) is 5.56 Å². The van der Waals surface area contributed by atoms with Gasteiger partial charge in [-0.1, -0.05) is 30.3 Å². The topological polar surface area (TPSA) is 46.5 Å². The molecule has 0 heterocycles. The van der Waals surface area contributed by atoms with Crippen LogP contribution in [0.5, 0.6) is 0 Å². The summed E-state index contributed by atoms with van der Waals surface area (Å²) < 4.78 is 4.74. The summed E-state index contributed by atoms with van der Waals surface area (Å²) in [5.41, 5.74) is 0.678. The molecule has 0 fully saturated rings. The molecule has 0 bridgehead atoms. The van der Waals surface area contributed by atoms with Gasteiger partial charge in [0, 0.05) is 0 Å². The lowest BCUT2D eigenvalue weighted by atomic mass is 9.94. The summed E-state index contributed by atoms with van der Waals surface area (Å²) in [5, 5.41) is 9.82. The van der Waals surface area contributed by atoms with E-state index in [4.69, 9.17) is 16.3 Å². The highest BCUT2D eigenvalue weighted by molar-refractivity contribution is 6.25. The first-order valence-corrected chi connectivity index (χ1v) is 5.47. The van der Waals surface area contributed by atoms with E-state index in [1.807, 2.05) is 6.07 Å². The van der Waals surface area contributed by atoms with Crippen molar-refractivity contribution in [1.82, 2.24) is 0 Å². The SMILES string of the molecule is CCOC(=O)[C@@H](O)[C@@](C)(Cl)c1ccccc1. The minimum Gasteiger partial charge on any atom is -0.464 e. The van der Waals surface area contributed by atoms with Gasteiger partial charge < -0.3 is 9.84 Å². The lowest BCUT2D eigenvalue weighted by Gasteiger charge is -2.26. The molecule has 0 saturated carbocycles. The van der Waals surface area contributed by atoms with E-state index in [2.05, 4.69) is 0 Å². The number of rotatable bonds is 4. The van der Waals surface area contributed by atoms with Crippen molar-refractivity contribution < 1.29 is 14.6 Å². The number of benzene rings is 1. The van der Waals surface area contributed by atoms with Crippen LogP contribution in [-0.2, 0) is 14.4 Å². The van der Waals surface area contributed by atoms with Crippen molar-refractivity contribution >= 4 is 17.6 Å². The number of carbonyl (C=O) groups is 1. The summed E-state index contributed by atoms with van der Waals surface area (Å²) >= 11 is 6.19. The Hall–Kier alpha value is -1.06. The number of halogens is 1. The molecular formula is C12H15ClO3. The zero-order valence-electron chi connectivity index (χ0n) is 9.31. The summed E-state index contributed by atoms with van der Waals surface area (Å²) in [6.07, 6.45) is -1.38. The summed E-state index contributed by atoms with van der Waals surface area (Å²) in [7, 11) is 0. The molecule has 0 aliphatic carbocycles. The third-order valence-corrected chi connectivity index (χ3v) is 2.79. The Morgan fingerprint density at radius 2 is 2.06 bits per heavy atom. The monoisotopic (exact) mass is 242 g/mol. The van der Waals surface area contributed by atoms with Crippen LogP contribution in [0.15, 0.2) is 30.3 Å². The Morgan fingerprint density at radius 3 is 2.56 bits per heavy atom. The molecule has 88 valence electrons. The Labute approximate surface area is 100.0 Å². The van der Waals surface area contributed by atoms with Gasteiger partial charge in [-0.25, -0.2) is 4.79 Å². The lowest BCUT2D eigenvalue weighted by molar-refractivity contribution is -0.154. The van der Waals surface area contributed by atoms with Gasteiger partial charge in [0.2, 0.25) is 0 Å². The van der Waals surface area contributed by atoms with Crippen LogP contribution in [0.25, 0.3) is 0 Å². The molecular weight excluding hydrogens is 228 g/mol. The van der Waals surface area contributed by atoms with Crippen LogP contribution in [0.3, 0.4) is 0 Å². The molecule has 0 aliphatic rings. The third-order valence-electron chi connectivity index (χ3n) is 2.36. The van der Waals surface area contributed by atoms with Gasteiger partial charge in [0.15, 0.2) is 6.10 Å². The second kappa shape index (κ2) is 5.32. The molecule has 1 aromatic rings. The summed E-state index contributed by atoms with van der Waals surface area (Å²) in [6, 6.07) is 8.96. The first-order chi connectivity index (χ1) is 7.50. The fourth-order valence-electron chi connectivity index (χ4n) is 1.36. The maximum absolute atomic E-state index is 11.4. The van der Waals surface area contributed by atoms with Crippen molar-refractivity contribution in [2.24, 2.45) is 0 Å². The van der Waals surface area contributed by atoms with Crippen LogP contribution in [0, 0.1) is 0 Å². The van der Waals surface area contributed by atoms with Crippen LogP contribution in [0.1, 0.15) is 19.4 Å². The van der Waals surface area contributed by atoms with Crippen molar-refractivity contribution in [2.45, 2.75) is 24.8 Å². The first kappa shape index (κ1) is 13.0. The number of ether oxygens (including phenoxy) is 1. The van der Waals surface area contributed by atoms with Gasteiger partial charge in [-0.15, -0.1) is 11.6 Å². The average Bonchev–Trinajstić information content (AvgIpc) is 2.29. The maximum Gasteiger partial charge on any atom is 0.337 e. The van der Waals surface area contributed by atoms with E-state index >= 15 is 0 Å². The fraction of sp³-hybridized carbons (Fsp3) is 0.417. The number of aliphatic hydroxyl groups is 1. The summed E-state index contributed by atoms with van der Waals surface area (Å²) in [5.74, 6) is -0.705. The van der Waals surface area contributed by atoms with Crippen LogP contribution in [-0.4, -0.2) is 23.8 Å². The smallest absolute Gasteiger partial charge is 0.337 e. The van der Waals surface area contributed by atoms with E-state index in [-0.39, 0.29) is 6.61 Å². The average molecular weight is 243 g/mol. The maximum atomic E-state index is 11.4. The third kappa shape index (κ3) is 2.74. The Balaban J connectivity index is 2.89. The molecule has 0 saturated heterocycles. The molecule has 0 unspecified atom stereocenters. The Kier molecular flexibility index (Phi) is 4.33.